The largest absolute Gasteiger partial charge is 0.356 e. The Morgan fingerprint density at radius 3 is 2.64 bits per heavy atom. The average Bonchev–Trinajstić information content (AvgIpc) is 2.67. The minimum absolute atomic E-state index is 0.0463. The van der Waals surface area contributed by atoms with Gasteiger partial charge in [0.05, 0.1) is 0 Å². The third kappa shape index (κ3) is 6.07. The number of carbonyl (C=O) groups is 1. The molecule has 0 heterocycles. The van der Waals surface area contributed by atoms with Crippen LogP contribution in [0.1, 0.15) is 54.9 Å². The molecule has 0 aromatic heterocycles. The molecule has 25 heavy (non-hydrogen) atoms. The van der Waals surface area contributed by atoms with E-state index in [4.69, 9.17) is 0 Å². The molecule has 0 spiro atoms. The molecule has 1 aromatic carbocycles. The maximum atomic E-state index is 11.7. The molecule has 1 fully saturated rings. The molecule has 2 rings (SSSR count). The molecule has 1 aliphatic carbocycles. The Kier molecular flexibility index (Phi) is 7.76. The van der Waals surface area contributed by atoms with Gasteiger partial charge in [0.1, 0.15) is 0 Å². The Morgan fingerprint density at radius 1 is 1.24 bits per heavy atom. The predicted octanol–water partition coefficient (Wildman–Crippen LogP) is 2.72. The van der Waals surface area contributed by atoms with Crippen LogP contribution in [0.3, 0.4) is 0 Å². The van der Waals surface area contributed by atoms with Crippen LogP contribution < -0.4 is 16.0 Å². The fourth-order valence-corrected chi connectivity index (χ4v) is 3.44. The van der Waals surface area contributed by atoms with Gasteiger partial charge in [0.2, 0.25) is 0 Å². The van der Waals surface area contributed by atoms with Gasteiger partial charge in [0.15, 0.2) is 5.96 Å². The summed E-state index contributed by atoms with van der Waals surface area (Å²) in [6, 6.07) is 8.30. The van der Waals surface area contributed by atoms with Crippen LogP contribution >= 0.6 is 0 Å². The number of hydrogen-bond acceptors (Lipinski definition) is 2. The first-order valence-electron chi connectivity index (χ1n) is 9.44. The van der Waals surface area contributed by atoms with Crippen LogP contribution in [0.15, 0.2) is 29.3 Å². The number of rotatable bonds is 6. The highest BCUT2D eigenvalue weighted by atomic mass is 16.1. The van der Waals surface area contributed by atoms with Gasteiger partial charge < -0.3 is 16.0 Å². The molecule has 5 heteroatoms. The Hall–Kier alpha value is -2.04. The van der Waals surface area contributed by atoms with Gasteiger partial charge in [-0.1, -0.05) is 25.5 Å². The number of aliphatic imine (C=N–C) groups is 1. The third-order valence-electron chi connectivity index (χ3n) is 5.11. The molecular formula is C20H32N4O. The molecule has 1 aliphatic rings. The molecule has 1 saturated carbocycles. The summed E-state index contributed by atoms with van der Waals surface area (Å²) in [6.45, 7) is 3.08. The van der Waals surface area contributed by atoms with E-state index in [9.17, 15) is 4.79 Å². The zero-order valence-corrected chi connectivity index (χ0v) is 15.8. The van der Waals surface area contributed by atoms with Gasteiger partial charge in [-0.05, 0) is 55.7 Å². The van der Waals surface area contributed by atoms with Crippen LogP contribution in [0.5, 0.6) is 0 Å². The van der Waals surface area contributed by atoms with Crippen molar-refractivity contribution in [1.82, 2.24) is 16.0 Å². The summed E-state index contributed by atoms with van der Waals surface area (Å²) >= 11 is 0. The number of carbonyl (C=O) groups excluding carboxylic acids is 1. The summed E-state index contributed by atoms with van der Waals surface area (Å²) in [5, 5.41) is 9.60. The molecule has 5 nitrogen and oxygen atoms in total. The summed E-state index contributed by atoms with van der Waals surface area (Å²) in [5.74, 6) is 1.73. The summed E-state index contributed by atoms with van der Waals surface area (Å²) in [6.07, 6.45) is 7.25. The Bertz CT molecular complexity index is 577. The summed E-state index contributed by atoms with van der Waals surface area (Å²) in [5.41, 5.74) is 1.85. The lowest BCUT2D eigenvalue weighted by atomic mass is 9.84. The summed E-state index contributed by atoms with van der Waals surface area (Å²) in [7, 11) is 3.47. The Balaban J connectivity index is 1.77. The SMILES string of the molecule is CCC1CCC(NC(=NC)NCCc2cccc(C(=O)NC)c2)CC1. The fraction of sp³-hybridized carbons (Fsp3) is 0.600. The molecule has 1 aromatic rings. The predicted molar refractivity (Wildman–Crippen MR) is 104 cm³/mol. The van der Waals surface area contributed by atoms with Crippen LogP contribution in [0.4, 0.5) is 0 Å². The van der Waals surface area contributed by atoms with E-state index in [0.717, 1.165) is 30.4 Å². The first-order valence-corrected chi connectivity index (χ1v) is 9.44. The van der Waals surface area contributed by atoms with Crippen molar-refractivity contribution in [1.29, 1.82) is 0 Å². The number of nitrogens with one attached hydrogen (secondary N) is 3. The van der Waals surface area contributed by atoms with E-state index in [1.54, 1.807) is 7.05 Å². The van der Waals surface area contributed by atoms with Crippen LogP contribution in [-0.4, -0.2) is 38.5 Å². The molecule has 0 unspecified atom stereocenters. The molecule has 0 aliphatic heterocycles. The molecule has 0 bridgehead atoms. The lowest BCUT2D eigenvalue weighted by Crippen LogP contribution is -2.45. The fourth-order valence-electron chi connectivity index (χ4n) is 3.44. The van der Waals surface area contributed by atoms with Crippen LogP contribution in [0, 0.1) is 5.92 Å². The van der Waals surface area contributed by atoms with Crippen LogP contribution in [-0.2, 0) is 6.42 Å². The first kappa shape index (κ1) is 19.3. The van der Waals surface area contributed by atoms with Gasteiger partial charge in [-0.15, -0.1) is 0 Å². The van der Waals surface area contributed by atoms with Gasteiger partial charge in [-0.3, -0.25) is 9.79 Å². The minimum atomic E-state index is -0.0463. The Labute approximate surface area is 151 Å². The van der Waals surface area contributed by atoms with Crippen molar-refractivity contribution in [2.75, 3.05) is 20.6 Å². The topological polar surface area (TPSA) is 65.5 Å². The maximum absolute atomic E-state index is 11.7. The van der Waals surface area contributed by atoms with Crippen molar-refractivity contribution < 1.29 is 4.79 Å². The second-order valence-electron chi connectivity index (χ2n) is 6.80. The van der Waals surface area contributed by atoms with E-state index in [1.807, 2.05) is 25.2 Å². The van der Waals surface area contributed by atoms with Crippen molar-refractivity contribution in [3.63, 3.8) is 0 Å². The zero-order valence-electron chi connectivity index (χ0n) is 15.8. The maximum Gasteiger partial charge on any atom is 0.251 e. The molecular weight excluding hydrogens is 312 g/mol. The molecule has 0 saturated heterocycles. The molecule has 0 atom stereocenters. The van der Waals surface area contributed by atoms with E-state index < -0.39 is 0 Å². The molecule has 0 radical (unpaired) electrons. The lowest BCUT2D eigenvalue weighted by molar-refractivity contribution is 0.0963. The van der Waals surface area contributed by atoms with Crippen LogP contribution in [0.25, 0.3) is 0 Å². The summed E-state index contributed by atoms with van der Waals surface area (Å²) in [4.78, 5) is 16.0. The van der Waals surface area contributed by atoms with Gasteiger partial charge in [-0.25, -0.2) is 0 Å². The first-order chi connectivity index (χ1) is 12.2. The highest BCUT2D eigenvalue weighted by Gasteiger charge is 2.20. The van der Waals surface area contributed by atoms with E-state index in [0.29, 0.717) is 11.6 Å². The monoisotopic (exact) mass is 344 g/mol. The van der Waals surface area contributed by atoms with E-state index in [2.05, 4.69) is 33.9 Å². The number of guanidine groups is 1. The molecule has 138 valence electrons. The van der Waals surface area contributed by atoms with Crippen molar-refractivity contribution >= 4 is 11.9 Å². The van der Waals surface area contributed by atoms with Crippen molar-refractivity contribution in [2.45, 2.75) is 51.5 Å². The van der Waals surface area contributed by atoms with Gasteiger partial charge in [0.25, 0.3) is 5.91 Å². The van der Waals surface area contributed by atoms with E-state index in [1.165, 1.54) is 32.1 Å². The third-order valence-corrected chi connectivity index (χ3v) is 5.11. The molecule has 3 N–H and O–H groups in total. The highest BCUT2D eigenvalue weighted by Crippen LogP contribution is 2.26. The smallest absolute Gasteiger partial charge is 0.251 e. The van der Waals surface area contributed by atoms with Crippen molar-refractivity contribution in [3.05, 3.63) is 35.4 Å². The minimum Gasteiger partial charge on any atom is -0.356 e. The van der Waals surface area contributed by atoms with Crippen molar-refractivity contribution in [2.24, 2.45) is 10.9 Å². The van der Waals surface area contributed by atoms with Crippen LogP contribution in [0.2, 0.25) is 0 Å². The standard InChI is InChI=1S/C20H32N4O/c1-4-15-8-10-18(11-9-15)24-20(22-3)23-13-12-16-6-5-7-17(14-16)19(25)21-2/h5-7,14-15,18H,4,8-13H2,1-3H3,(H,21,25)(H2,22,23,24). The molecule has 1 amide bonds. The number of benzene rings is 1. The lowest BCUT2D eigenvalue weighted by Gasteiger charge is -2.29. The van der Waals surface area contributed by atoms with Gasteiger partial charge >= 0.3 is 0 Å². The second kappa shape index (κ2) is 10.1. The second-order valence-corrected chi connectivity index (χ2v) is 6.80. The normalized spacial score (nSPS) is 20.8. The quantitative estimate of drug-likeness (QED) is 0.549. The zero-order chi connectivity index (χ0) is 18.1. The average molecular weight is 345 g/mol. The number of amides is 1. The summed E-state index contributed by atoms with van der Waals surface area (Å²) < 4.78 is 0. The highest BCUT2D eigenvalue weighted by molar-refractivity contribution is 5.94. The van der Waals surface area contributed by atoms with Gasteiger partial charge in [0, 0.05) is 32.2 Å². The Morgan fingerprint density at radius 2 is 2.00 bits per heavy atom. The van der Waals surface area contributed by atoms with Crippen molar-refractivity contribution in [3.8, 4) is 0 Å². The van der Waals surface area contributed by atoms with Gasteiger partial charge in [-0.2, -0.15) is 0 Å². The van der Waals surface area contributed by atoms with E-state index in [-0.39, 0.29) is 5.91 Å². The number of nitrogens with zero attached hydrogens (tertiary/aromatic N) is 1. The number of hydrogen-bond donors (Lipinski definition) is 3. The van der Waals surface area contributed by atoms with E-state index >= 15 is 0 Å².